The molecule has 1 unspecified atom stereocenters. The van der Waals surface area contributed by atoms with Crippen LogP contribution in [0.1, 0.15) is 30.7 Å². The van der Waals surface area contributed by atoms with E-state index in [0.29, 0.717) is 5.56 Å². The molecule has 1 aliphatic carbocycles. The van der Waals surface area contributed by atoms with Gasteiger partial charge in [-0.05, 0) is 24.8 Å². The first-order valence-electron chi connectivity index (χ1n) is 5.68. The zero-order chi connectivity index (χ0) is 13.1. The van der Waals surface area contributed by atoms with E-state index in [9.17, 15) is 20.2 Å². The predicted octanol–water partition coefficient (Wildman–Crippen LogP) is 3.33. The smallest absolute Gasteiger partial charge is 0.258 e. The Labute approximate surface area is 103 Å². The van der Waals surface area contributed by atoms with Crippen LogP contribution < -0.4 is 0 Å². The zero-order valence-electron chi connectivity index (χ0n) is 9.61. The summed E-state index contributed by atoms with van der Waals surface area (Å²) in [5, 5.41) is 21.6. The Bertz CT molecular complexity index is 493. The van der Waals surface area contributed by atoms with Gasteiger partial charge in [0.2, 0.25) is 0 Å². The Hall–Kier alpha value is -2.24. The van der Waals surface area contributed by atoms with Crippen molar-refractivity contribution in [1.82, 2.24) is 0 Å². The van der Waals surface area contributed by atoms with E-state index in [1.165, 1.54) is 12.1 Å². The third-order valence-electron chi connectivity index (χ3n) is 3.03. The van der Waals surface area contributed by atoms with Crippen molar-refractivity contribution in [3.8, 4) is 0 Å². The fourth-order valence-electron chi connectivity index (χ4n) is 2.13. The molecule has 6 nitrogen and oxygen atoms in total. The standard InChI is InChI=1S/C12H12N2O4/c15-13(16)11-6-10(7-12(8-11)14(17)18)9-4-2-1-3-5-9/h2,4,6-9H,1,3,5H2. The molecule has 0 spiro atoms. The second kappa shape index (κ2) is 4.95. The van der Waals surface area contributed by atoms with Crippen molar-refractivity contribution < 1.29 is 9.85 Å². The maximum Gasteiger partial charge on any atom is 0.276 e. The molecule has 0 radical (unpaired) electrons. The van der Waals surface area contributed by atoms with E-state index < -0.39 is 9.85 Å². The maximum atomic E-state index is 10.8. The monoisotopic (exact) mass is 248 g/mol. The molecule has 0 fully saturated rings. The summed E-state index contributed by atoms with van der Waals surface area (Å²) in [5.74, 6) is 0.0392. The molecule has 0 aromatic heterocycles. The van der Waals surface area contributed by atoms with Gasteiger partial charge >= 0.3 is 0 Å². The summed E-state index contributed by atoms with van der Waals surface area (Å²) in [7, 11) is 0. The molecule has 2 rings (SSSR count). The molecule has 0 heterocycles. The molecule has 0 aliphatic heterocycles. The number of hydrogen-bond donors (Lipinski definition) is 0. The van der Waals surface area contributed by atoms with Gasteiger partial charge in [-0.3, -0.25) is 20.2 Å². The lowest BCUT2D eigenvalue weighted by Crippen LogP contribution is -2.02. The van der Waals surface area contributed by atoms with Crippen LogP contribution in [-0.2, 0) is 0 Å². The number of nitro benzene ring substituents is 2. The lowest BCUT2D eigenvalue weighted by Gasteiger charge is -2.16. The molecule has 6 heteroatoms. The Balaban J connectivity index is 2.45. The molecule has 1 aromatic rings. The number of benzene rings is 1. The first kappa shape index (κ1) is 12.2. The van der Waals surface area contributed by atoms with Crippen molar-refractivity contribution in [3.05, 3.63) is 56.1 Å². The fourth-order valence-corrected chi connectivity index (χ4v) is 2.13. The minimum Gasteiger partial charge on any atom is -0.258 e. The van der Waals surface area contributed by atoms with Crippen LogP contribution in [0, 0.1) is 20.2 Å². The van der Waals surface area contributed by atoms with Gasteiger partial charge in [-0.25, -0.2) is 0 Å². The van der Waals surface area contributed by atoms with Crippen LogP contribution in [0.25, 0.3) is 0 Å². The number of nitro groups is 2. The minimum atomic E-state index is -0.594. The third kappa shape index (κ3) is 2.53. The highest BCUT2D eigenvalue weighted by molar-refractivity contribution is 5.48. The summed E-state index contributed by atoms with van der Waals surface area (Å²) in [5.41, 5.74) is 0.197. The molecular formula is C12H12N2O4. The van der Waals surface area contributed by atoms with Crippen molar-refractivity contribution >= 4 is 11.4 Å². The molecule has 1 aliphatic rings. The quantitative estimate of drug-likeness (QED) is 0.466. The minimum absolute atomic E-state index is 0.0392. The fraction of sp³-hybridized carbons (Fsp3) is 0.333. The first-order chi connectivity index (χ1) is 8.58. The zero-order valence-corrected chi connectivity index (χ0v) is 9.61. The highest BCUT2D eigenvalue weighted by Gasteiger charge is 2.20. The van der Waals surface area contributed by atoms with Crippen LogP contribution in [0.4, 0.5) is 11.4 Å². The summed E-state index contributed by atoms with van der Waals surface area (Å²) in [6, 6.07) is 3.84. The number of nitrogens with zero attached hydrogens (tertiary/aromatic N) is 2. The molecule has 1 atom stereocenters. The van der Waals surface area contributed by atoms with E-state index in [2.05, 4.69) is 0 Å². The molecular weight excluding hydrogens is 236 g/mol. The summed E-state index contributed by atoms with van der Waals surface area (Å²) in [6.07, 6.45) is 6.84. The van der Waals surface area contributed by atoms with Crippen molar-refractivity contribution in [3.63, 3.8) is 0 Å². The Morgan fingerprint density at radius 2 is 1.67 bits per heavy atom. The molecule has 0 N–H and O–H groups in total. The Morgan fingerprint density at radius 1 is 1.06 bits per heavy atom. The normalized spacial score (nSPS) is 18.6. The van der Waals surface area contributed by atoms with Crippen LogP contribution in [-0.4, -0.2) is 9.85 Å². The Kier molecular flexibility index (Phi) is 3.36. The van der Waals surface area contributed by atoms with Crippen LogP contribution in [0.5, 0.6) is 0 Å². The second-order valence-corrected chi connectivity index (χ2v) is 4.26. The Morgan fingerprint density at radius 3 is 2.11 bits per heavy atom. The average molecular weight is 248 g/mol. The molecule has 0 saturated carbocycles. The van der Waals surface area contributed by atoms with Crippen molar-refractivity contribution in [2.45, 2.75) is 25.2 Å². The molecule has 18 heavy (non-hydrogen) atoms. The van der Waals surface area contributed by atoms with Gasteiger partial charge in [-0.1, -0.05) is 12.2 Å². The third-order valence-corrected chi connectivity index (χ3v) is 3.03. The van der Waals surface area contributed by atoms with Gasteiger partial charge in [0.1, 0.15) is 0 Å². The van der Waals surface area contributed by atoms with E-state index in [1.807, 2.05) is 12.2 Å². The van der Waals surface area contributed by atoms with Crippen LogP contribution in [0.15, 0.2) is 30.4 Å². The van der Waals surface area contributed by atoms with Gasteiger partial charge in [0.05, 0.1) is 15.9 Å². The number of hydrogen-bond acceptors (Lipinski definition) is 4. The highest BCUT2D eigenvalue weighted by Crippen LogP contribution is 2.32. The summed E-state index contributed by atoms with van der Waals surface area (Å²) < 4.78 is 0. The van der Waals surface area contributed by atoms with Gasteiger partial charge in [0.15, 0.2) is 0 Å². The van der Waals surface area contributed by atoms with Gasteiger partial charge in [0.25, 0.3) is 11.4 Å². The summed E-state index contributed by atoms with van der Waals surface area (Å²) in [6.45, 7) is 0. The predicted molar refractivity (Wildman–Crippen MR) is 65.5 cm³/mol. The SMILES string of the molecule is O=[N+]([O-])c1cc(C2C=CCCC2)cc([N+](=O)[O-])c1. The van der Waals surface area contributed by atoms with Gasteiger partial charge in [0, 0.05) is 18.1 Å². The van der Waals surface area contributed by atoms with Crippen molar-refractivity contribution in [2.24, 2.45) is 0 Å². The largest absolute Gasteiger partial charge is 0.276 e. The lowest BCUT2D eigenvalue weighted by molar-refractivity contribution is -0.394. The van der Waals surface area contributed by atoms with E-state index in [4.69, 9.17) is 0 Å². The van der Waals surface area contributed by atoms with E-state index in [0.717, 1.165) is 25.3 Å². The maximum absolute atomic E-state index is 10.8. The van der Waals surface area contributed by atoms with Gasteiger partial charge < -0.3 is 0 Å². The molecule has 1 aromatic carbocycles. The van der Waals surface area contributed by atoms with Gasteiger partial charge in [-0.2, -0.15) is 0 Å². The number of non-ortho nitro benzene ring substituents is 2. The van der Waals surface area contributed by atoms with Crippen molar-refractivity contribution in [2.75, 3.05) is 0 Å². The van der Waals surface area contributed by atoms with E-state index in [1.54, 1.807) is 0 Å². The van der Waals surface area contributed by atoms with E-state index >= 15 is 0 Å². The van der Waals surface area contributed by atoms with Crippen LogP contribution >= 0.6 is 0 Å². The molecule has 0 amide bonds. The summed E-state index contributed by atoms with van der Waals surface area (Å²) >= 11 is 0. The number of allylic oxidation sites excluding steroid dienone is 2. The van der Waals surface area contributed by atoms with Gasteiger partial charge in [-0.15, -0.1) is 0 Å². The first-order valence-corrected chi connectivity index (χ1v) is 5.68. The summed E-state index contributed by atoms with van der Waals surface area (Å²) in [4.78, 5) is 20.4. The molecule has 94 valence electrons. The second-order valence-electron chi connectivity index (χ2n) is 4.26. The van der Waals surface area contributed by atoms with Crippen molar-refractivity contribution in [1.29, 1.82) is 0 Å². The van der Waals surface area contributed by atoms with E-state index in [-0.39, 0.29) is 17.3 Å². The van der Waals surface area contributed by atoms with Crippen LogP contribution in [0.3, 0.4) is 0 Å². The highest BCUT2D eigenvalue weighted by atomic mass is 16.6. The number of rotatable bonds is 3. The molecule has 0 saturated heterocycles. The lowest BCUT2D eigenvalue weighted by atomic mass is 9.89. The molecule has 0 bridgehead atoms. The average Bonchev–Trinajstić information content (AvgIpc) is 2.39. The topological polar surface area (TPSA) is 86.3 Å². The van der Waals surface area contributed by atoms with Crippen LogP contribution in [0.2, 0.25) is 0 Å².